The SMILES string of the molecule is CCC(CC)(CCl)Nc1nccs1. The molecule has 0 bridgehead atoms. The summed E-state index contributed by atoms with van der Waals surface area (Å²) in [5.74, 6) is 0.625. The number of nitrogens with one attached hydrogen (secondary N) is 1. The van der Waals surface area contributed by atoms with Crippen LogP contribution in [0.25, 0.3) is 0 Å². The van der Waals surface area contributed by atoms with Crippen molar-refractivity contribution >= 4 is 28.1 Å². The molecule has 1 aromatic heterocycles. The molecule has 74 valence electrons. The maximum absolute atomic E-state index is 5.96. The minimum Gasteiger partial charge on any atom is -0.355 e. The molecule has 1 rings (SSSR count). The van der Waals surface area contributed by atoms with Gasteiger partial charge in [-0.05, 0) is 12.8 Å². The van der Waals surface area contributed by atoms with Gasteiger partial charge in [-0.2, -0.15) is 0 Å². The number of rotatable bonds is 5. The Balaban J connectivity index is 2.67. The van der Waals surface area contributed by atoms with E-state index in [2.05, 4.69) is 24.1 Å². The first-order valence-electron chi connectivity index (χ1n) is 4.50. The zero-order valence-corrected chi connectivity index (χ0v) is 9.58. The Kier molecular flexibility index (Phi) is 4.00. The first-order valence-corrected chi connectivity index (χ1v) is 5.91. The van der Waals surface area contributed by atoms with Crippen LogP contribution >= 0.6 is 22.9 Å². The maximum Gasteiger partial charge on any atom is 0.183 e. The van der Waals surface area contributed by atoms with E-state index in [-0.39, 0.29) is 5.54 Å². The average molecular weight is 219 g/mol. The van der Waals surface area contributed by atoms with Crippen LogP contribution in [0.5, 0.6) is 0 Å². The number of aromatic nitrogens is 1. The lowest BCUT2D eigenvalue weighted by Gasteiger charge is -2.30. The van der Waals surface area contributed by atoms with Crippen molar-refractivity contribution in [3.8, 4) is 0 Å². The summed E-state index contributed by atoms with van der Waals surface area (Å²) in [7, 11) is 0. The molecule has 0 aliphatic heterocycles. The predicted molar refractivity (Wildman–Crippen MR) is 59.8 cm³/mol. The number of hydrogen-bond donors (Lipinski definition) is 1. The molecule has 0 saturated heterocycles. The van der Waals surface area contributed by atoms with Gasteiger partial charge < -0.3 is 5.32 Å². The highest BCUT2D eigenvalue weighted by Crippen LogP contribution is 2.24. The van der Waals surface area contributed by atoms with E-state index >= 15 is 0 Å². The predicted octanol–water partition coefficient (Wildman–Crippen LogP) is 3.35. The molecule has 1 N–H and O–H groups in total. The van der Waals surface area contributed by atoms with Crippen molar-refractivity contribution in [1.29, 1.82) is 0 Å². The van der Waals surface area contributed by atoms with Crippen LogP contribution < -0.4 is 5.32 Å². The second kappa shape index (κ2) is 4.82. The summed E-state index contributed by atoms with van der Waals surface area (Å²) in [6.07, 6.45) is 3.84. The Labute approximate surface area is 88.3 Å². The number of hydrogen-bond acceptors (Lipinski definition) is 3. The number of nitrogens with zero attached hydrogens (tertiary/aromatic N) is 1. The first-order chi connectivity index (χ1) is 6.26. The molecule has 0 aromatic carbocycles. The van der Waals surface area contributed by atoms with Gasteiger partial charge in [-0.25, -0.2) is 4.98 Å². The van der Waals surface area contributed by atoms with Crippen LogP contribution in [0.4, 0.5) is 5.13 Å². The Hall–Kier alpha value is -0.280. The summed E-state index contributed by atoms with van der Waals surface area (Å²) in [4.78, 5) is 4.19. The number of halogens is 1. The van der Waals surface area contributed by atoms with E-state index in [0.29, 0.717) is 5.88 Å². The van der Waals surface area contributed by atoms with Crippen molar-refractivity contribution in [1.82, 2.24) is 4.98 Å². The molecule has 0 fully saturated rings. The van der Waals surface area contributed by atoms with E-state index in [1.54, 1.807) is 17.5 Å². The van der Waals surface area contributed by atoms with Gasteiger partial charge in [0.2, 0.25) is 0 Å². The monoisotopic (exact) mass is 218 g/mol. The van der Waals surface area contributed by atoms with Gasteiger partial charge in [-0.3, -0.25) is 0 Å². The molecule has 0 aliphatic carbocycles. The summed E-state index contributed by atoms with van der Waals surface area (Å²) in [5.41, 5.74) is 0.0133. The van der Waals surface area contributed by atoms with Crippen LogP contribution in [0.1, 0.15) is 26.7 Å². The Bertz CT molecular complexity index is 224. The molecule has 0 atom stereocenters. The fourth-order valence-electron chi connectivity index (χ4n) is 1.16. The molecule has 0 unspecified atom stereocenters. The lowest BCUT2D eigenvalue weighted by Crippen LogP contribution is -2.38. The summed E-state index contributed by atoms with van der Waals surface area (Å²) in [6, 6.07) is 0. The summed E-state index contributed by atoms with van der Waals surface area (Å²) in [5, 5.41) is 6.32. The topological polar surface area (TPSA) is 24.9 Å². The van der Waals surface area contributed by atoms with Crippen LogP contribution in [-0.4, -0.2) is 16.4 Å². The van der Waals surface area contributed by atoms with Gasteiger partial charge in [-0.1, -0.05) is 13.8 Å². The summed E-state index contributed by atoms with van der Waals surface area (Å²) < 4.78 is 0. The zero-order chi connectivity index (χ0) is 9.73. The van der Waals surface area contributed by atoms with Gasteiger partial charge in [0.1, 0.15) is 0 Å². The van der Waals surface area contributed by atoms with Crippen LogP contribution in [-0.2, 0) is 0 Å². The van der Waals surface area contributed by atoms with Gasteiger partial charge in [0.15, 0.2) is 5.13 Å². The molecule has 2 nitrogen and oxygen atoms in total. The quantitative estimate of drug-likeness (QED) is 0.767. The zero-order valence-electron chi connectivity index (χ0n) is 8.01. The van der Waals surface area contributed by atoms with Gasteiger partial charge in [0.05, 0.1) is 5.54 Å². The van der Waals surface area contributed by atoms with E-state index in [9.17, 15) is 0 Å². The normalized spacial score (nSPS) is 11.6. The molecular formula is C9H15ClN2S. The molecule has 1 heterocycles. The molecule has 0 spiro atoms. The summed E-state index contributed by atoms with van der Waals surface area (Å²) in [6.45, 7) is 4.29. The minimum atomic E-state index is 0.0133. The maximum atomic E-state index is 5.96. The minimum absolute atomic E-state index is 0.0133. The lowest BCUT2D eigenvalue weighted by molar-refractivity contribution is 0.484. The first kappa shape index (κ1) is 10.8. The third-order valence-corrected chi connectivity index (χ3v) is 3.61. The van der Waals surface area contributed by atoms with Crippen molar-refractivity contribution in [2.24, 2.45) is 0 Å². The second-order valence-corrected chi connectivity index (χ2v) is 4.25. The van der Waals surface area contributed by atoms with Crippen molar-refractivity contribution < 1.29 is 0 Å². The molecule has 0 radical (unpaired) electrons. The third-order valence-electron chi connectivity index (χ3n) is 2.41. The highest BCUT2D eigenvalue weighted by atomic mass is 35.5. The molecule has 4 heteroatoms. The second-order valence-electron chi connectivity index (χ2n) is 3.08. The van der Waals surface area contributed by atoms with Crippen LogP contribution in [0.2, 0.25) is 0 Å². The van der Waals surface area contributed by atoms with Crippen molar-refractivity contribution in [3.63, 3.8) is 0 Å². The van der Waals surface area contributed by atoms with Crippen LogP contribution in [0.15, 0.2) is 11.6 Å². The lowest BCUT2D eigenvalue weighted by atomic mass is 9.96. The molecular weight excluding hydrogens is 204 g/mol. The largest absolute Gasteiger partial charge is 0.355 e. The molecule has 13 heavy (non-hydrogen) atoms. The fraction of sp³-hybridized carbons (Fsp3) is 0.667. The van der Waals surface area contributed by atoms with Crippen LogP contribution in [0.3, 0.4) is 0 Å². The van der Waals surface area contributed by atoms with Gasteiger partial charge in [0.25, 0.3) is 0 Å². The number of anilines is 1. The van der Waals surface area contributed by atoms with Crippen molar-refractivity contribution in [2.45, 2.75) is 32.2 Å². The molecule has 0 saturated carbocycles. The molecule has 1 aromatic rings. The summed E-state index contributed by atoms with van der Waals surface area (Å²) >= 11 is 7.57. The fourth-order valence-corrected chi connectivity index (χ4v) is 2.25. The average Bonchev–Trinajstić information content (AvgIpc) is 2.67. The van der Waals surface area contributed by atoms with E-state index in [0.717, 1.165) is 18.0 Å². The highest BCUT2D eigenvalue weighted by molar-refractivity contribution is 7.13. The number of thiazole rings is 1. The van der Waals surface area contributed by atoms with Crippen LogP contribution in [0, 0.1) is 0 Å². The van der Waals surface area contributed by atoms with E-state index in [1.807, 2.05) is 5.38 Å². The Morgan fingerprint density at radius 3 is 2.62 bits per heavy atom. The van der Waals surface area contributed by atoms with E-state index in [1.165, 1.54) is 0 Å². The van der Waals surface area contributed by atoms with E-state index < -0.39 is 0 Å². The Morgan fingerprint density at radius 1 is 1.54 bits per heavy atom. The van der Waals surface area contributed by atoms with Gasteiger partial charge >= 0.3 is 0 Å². The number of alkyl halides is 1. The molecule has 0 aliphatic rings. The molecule has 0 amide bonds. The van der Waals surface area contributed by atoms with Crippen molar-refractivity contribution in [2.75, 3.05) is 11.2 Å². The van der Waals surface area contributed by atoms with Gasteiger partial charge in [0, 0.05) is 17.5 Å². The highest BCUT2D eigenvalue weighted by Gasteiger charge is 2.25. The van der Waals surface area contributed by atoms with Gasteiger partial charge in [-0.15, -0.1) is 22.9 Å². The smallest absolute Gasteiger partial charge is 0.183 e. The van der Waals surface area contributed by atoms with Crippen molar-refractivity contribution in [3.05, 3.63) is 11.6 Å². The van der Waals surface area contributed by atoms with E-state index in [4.69, 9.17) is 11.6 Å². The standard InChI is InChI=1S/C9H15ClN2S/c1-3-9(4-2,7-10)12-8-11-5-6-13-8/h5-6H,3-4,7H2,1-2H3,(H,11,12). The Morgan fingerprint density at radius 2 is 2.23 bits per heavy atom. The third kappa shape index (κ3) is 2.58.